The minimum Gasteiger partial charge on any atom is -0.480 e. The maximum Gasteiger partial charge on any atom is 0.326 e. The summed E-state index contributed by atoms with van der Waals surface area (Å²) < 4.78 is 0. The highest BCUT2D eigenvalue weighted by atomic mass is 32.1. The Balaban J connectivity index is 2.02. The fourth-order valence-electron chi connectivity index (χ4n) is 2.92. The zero-order valence-electron chi connectivity index (χ0n) is 15.5. The fraction of sp³-hybridized carbons (Fsp3) is 0.588. The smallest absolute Gasteiger partial charge is 0.326 e. The molecule has 1 aliphatic rings. The molecule has 27 heavy (non-hydrogen) atoms. The summed E-state index contributed by atoms with van der Waals surface area (Å²) in [6.07, 6.45) is 2.51. The first-order chi connectivity index (χ1) is 12.7. The van der Waals surface area contributed by atoms with E-state index in [4.69, 9.17) is 0 Å². The van der Waals surface area contributed by atoms with Crippen LogP contribution >= 0.6 is 11.3 Å². The average molecular weight is 396 g/mol. The standard InChI is InChI=1S/C17H24N4O5S/c1-9(2)12(16(24)21-7-4-5-11(21)17(25)26)20-13(22)10(3)19-14(23)15-18-6-8-27-15/h6,8-12H,4-5,7H2,1-3H3,(H,19,23)(H,20,22)(H,25,26)/t10-,11-,12-/m0/s1. The van der Waals surface area contributed by atoms with Crippen LogP contribution in [0.1, 0.15) is 43.4 Å². The van der Waals surface area contributed by atoms with Gasteiger partial charge in [0.05, 0.1) is 0 Å². The number of rotatable bonds is 7. The van der Waals surface area contributed by atoms with Crippen LogP contribution in [0.2, 0.25) is 0 Å². The highest BCUT2D eigenvalue weighted by molar-refractivity contribution is 7.11. The molecule has 3 N–H and O–H groups in total. The second-order valence-corrected chi connectivity index (χ2v) is 7.69. The first-order valence-corrected chi connectivity index (χ1v) is 9.64. The molecule has 148 valence electrons. The second kappa shape index (κ2) is 8.94. The Labute approximate surface area is 161 Å². The highest BCUT2D eigenvalue weighted by Crippen LogP contribution is 2.20. The third-order valence-electron chi connectivity index (χ3n) is 4.42. The number of thiazole rings is 1. The summed E-state index contributed by atoms with van der Waals surface area (Å²) >= 11 is 1.16. The van der Waals surface area contributed by atoms with E-state index in [-0.39, 0.29) is 10.9 Å². The van der Waals surface area contributed by atoms with Gasteiger partial charge in [0.1, 0.15) is 18.1 Å². The van der Waals surface area contributed by atoms with E-state index in [0.29, 0.717) is 19.4 Å². The van der Waals surface area contributed by atoms with Gasteiger partial charge in [0.25, 0.3) is 5.91 Å². The molecular formula is C17H24N4O5S. The Kier molecular flexibility index (Phi) is 6.89. The van der Waals surface area contributed by atoms with E-state index in [1.807, 2.05) is 0 Å². The fourth-order valence-corrected chi connectivity index (χ4v) is 3.46. The van der Waals surface area contributed by atoms with Crippen LogP contribution in [0.3, 0.4) is 0 Å². The maximum absolute atomic E-state index is 12.8. The largest absolute Gasteiger partial charge is 0.480 e. The van der Waals surface area contributed by atoms with Crippen molar-refractivity contribution in [3.05, 3.63) is 16.6 Å². The SMILES string of the molecule is CC(C)[C@H](NC(=O)[C@H](C)NC(=O)c1nccs1)C(=O)N1CCC[C@H]1C(=O)O. The Bertz CT molecular complexity index is 706. The number of aromatic nitrogens is 1. The molecule has 0 unspecified atom stereocenters. The van der Waals surface area contributed by atoms with Crippen molar-refractivity contribution in [3.8, 4) is 0 Å². The molecule has 2 rings (SSSR count). The number of hydrogen-bond donors (Lipinski definition) is 3. The van der Waals surface area contributed by atoms with Crippen LogP contribution in [-0.4, -0.2) is 63.4 Å². The van der Waals surface area contributed by atoms with Crippen molar-refractivity contribution in [2.45, 2.75) is 51.7 Å². The zero-order chi connectivity index (χ0) is 20.1. The quantitative estimate of drug-likeness (QED) is 0.615. The number of hydrogen-bond acceptors (Lipinski definition) is 6. The topological polar surface area (TPSA) is 129 Å². The summed E-state index contributed by atoms with van der Waals surface area (Å²) in [7, 11) is 0. The lowest BCUT2D eigenvalue weighted by molar-refractivity contribution is -0.150. The van der Waals surface area contributed by atoms with Crippen molar-refractivity contribution in [2.75, 3.05) is 6.54 Å². The van der Waals surface area contributed by atoms with Crippen LogP contribution in [0, 0.1) is 5.92 Å². The molecule has 1 aromatic heterocycles. The number of carboxylic acid groups (broad SMARTS) is 1. The van der Waals surface area contributed by atoms with Gasteiger partial charge in [0.2, 0.25) is 11.8 Å². The van der Waals surface area contributed by atoms with Crippen LogP contribution in [-0.2, 0) is 14.4 Å². The summed E-state index contributed by atoms with van der Waals surface area (Å²) in [5.41, 5.74) is 0. The van der Waals surface area contributed by atoms with Gasteiger partial charge in [-0.05, 0) is 25.7 Å². The Morgan fingerprint density at radius 3 is 2.52 bits per heavy atom. The predicted molar refractivity (Wildman–Crippen MR) is 98.2 cm³/mol. The van der Waals surface area contributed by atoms with Crippen molar-refractivity contribution < 1.29 is 24.3 Å². The van der Waals surface area contributed by atoms with Gasteiger partial charge in [-0.3, -0.25) is 14.4 Å². The number of carbonyl (C=O) groups excluding carboxylic acids is 3. The molecule has 9 nitrogen and oxygen atoms in total. The molecule has 1 aromatic rings. The van der Waals surface area contributed by atoms with Crippen LogP contribution in [0.5, 0.6) is 0 Å². The first kappa shape index (κ1) is 20.8. The van der Waals surface area contributed by atoms with Crippen molar-refractivity contribution in [1.29, 1.82) is 0 Å². The molecule has 0 aromatic carbocycles. The second-order valence-electron chi connectivity index (χ2n) is 6.79. The van der Waals surface area contributed by atoms with Crippen LogP contribution < -0.4 is 10.6 Å². The maximum atomic E-state index is 12.8. The molecule has 10 heteroatoms. The van der Waals surface area contributed by atoms with Crippen molar-refractivity contribution in [1.82, 2.24) is 20.5 Å². The summed E-state index contributed by atoms with van der Waals surface area (Å²) in [6, 6.07) is -2.60. The van der Waals surface area contributed by atoms with E-state index in [1.165, 1.54) is 18.0 Å². The molecular weight excluding hydrogens is 372 g/mol. The number of nitrogens with one attached hydrogen (secondary N) is 2. The van der Waals surface area contributed by atoms with E-state index in [1.54, 1.807) is 19.2 Å². The number of amides is 3. The van der Waals surface area contributed by atoms with Crippen molar-refractivity contribution in [3.63, 3.8) is 0 Å². The van der Waals surface area contributed by atoms with Crippen LogP contribution in [0.25, 0.3) is 0 Å². The van der Waals surface area contributed by atoms with E-state index in [2.05, 4.69) is 15.6 Å². The van der Waals surface area contributed by atoms with E-state index < -0.39 is 41.8 Å². The molecule has 1 saturated heterocycles. The molecule has 1 fully saturated rings. The molecule has 0 aliphatic carbocycles. The zero-order valence-corrected chi connectivity index (χ0v) is 16.3. The van der Waals surface area contributed by atoms with E-state index >= 15 is 0 Å². The molecule has 0 bridgehead atoms. The molecule has 2 heterocycles. The average Bonchev–Trinajstić information content (AvgIpc) is 3.29. The number of nitrogens with zero attached hydrogens (tertiary/aromatic N) is 2. The normalized spacial score (nSPS) is 18.8. The monoisotopic (exact) mass is 396 g/mol. The van der Waals surface area contributed by atoms with Crippen LogP contribution in [0.15, 0.2) is 11.6 Å². The summed E-state index contributed by atoms with van der Waals surface area (Å²) in [6.45, 7) is 5.41. The third kappa shape index (κ3) is 5.03. The van der Waals surface area contributed by atoms with Gasteiger partial charge in [-0.2, -0.15) is 0 Å². The molecule has 1 aliphatic heterocycles. The van der Waals surface area contributed by atoms with Gasteiger partial charge in [0, 0.05) is 18.1 Å². The lowest BCUT2D eigenvalue weighted by atomic mass is 10.0. The molecule has 3 atom stereocenters. The summed E-state index contributed by atoms with van der Waals surface area (Å²) in [4.78, 5) is 53.8. The predicted octanol–water partition coefficient (Wildman–Crippen LogP) is 0.478. The van der Waals surface area contributed by atoms with Crippen LogP contribution in [0.4, 0.5) is 0 Å². The minimum atomic E-state index is -1.04. The third-order valence-corrected chi connectivity index (χ3v) is 5.19. The first-order valence-electron chi connectivity index (χ1n) is 8.76. The number of carbonyl (C=O) groups is 4. The van der Waals surface area contributed by atoms with Gasteiger partial charge < -0.3 is 20.6 Å². The molecule has 0 spiro atoms. The molecule has 3 amide bonds. The number of likely N-dealkylation sites (tertiary alicyclic amines) is 1. The van der Waals surface area contributed by atoms with Crippen molar-refractivity contribution >= 4 is 35.0 Å². The van der Waals surface area contributed by atoms with Gasteiger partial charge in [0.15, 0.2) is 5.01 Å². The molecule has 0 saturated carbocycles. The Morgan fingerprint density at radius 1 is 1.26 bits per heavy atom. The van der Waals surface area contributed by atoms with Gasteiger partial charge >= 0.3 is 5.97 Å². The van der Waals surface area contributed by atoms with Crippen molar-refractivity contribution in [2.24, 2.45) is 5.92 Å². The van der Waals surface area contributed by atoms with Gasteiger partial charge in [-0.25, -0.2) is 9.78 Å². The summed E-state index contributed by atoms with van der Waals surface area (Å²) in [5, 5.41) is 16.4. The number of carboxylic acids is 1. The lowest BCUT2D eigenvalue weighted by Gasteiger charge is -2.30. The van der Waals surface area contributed by atoms with E-state index in [9.17, 15) is 24.3 Å². The minimum absolute atomic E-state index is 0.238. The summed E-state index contributed by atoms with van der Waals surface area (Å²) in [5.74, 6) is -2.68. The highest BCUT2D eigenvalue weighted by Gasteiger charge is 2.39. The van der Waals surface area contributed by atoms with E-state index in [0.717, 1.165) is 11.3 Å². The Hall–Kier alpha value is -2.49. The number of aliphatic carboxylic acids is 1. The lowest BCUT2D eigenvalue weighted by Crippen LogP contribution is -2.56. The Morgan fingerprint density at radius 2 is 1.96 bits per heavy atom. The van der Waals surface area contributed by atoms with Gasteiger partial charge in [-0.15, -0.1) is 11.3 Å². The van der Waals surface area contributed by atoms with Gasteiger partial charge in [-0.1, -0.05) is 13.8 Å². The molecule has 0 radical (unpaired) electrons.